The van der Waals surface area contributed by atoms with Crippen LogP contribution in [0.25, 0.3) is 11.1 Å². The maximum Gasteiger partial charge on any atom is 0.150 e. The Balaban J connectivity index is 2.57. The van der Waals surface area contributed by atoms with Gasteiger partial charge in [0.25, 0.3) is 0 Å². The number of benzene rings is 2. The fourth-order valence-corrected chi connectivity index (χ4v) is 1.76. The van der Waals surface area contributed by atoms with E-state index in [4.69, 9.17) is 0 Å². The molecule has 0 aromatic heterocycles. The van der Waals surface area contributed by atoms with Crippen LogP contribution in [0.15, 0.2) is 36.4 Å². The maximum atomic E-state index is 10.7. The number of hydrogen-bond donors (Lipinski definition) is 0. The summed E-state index contributed by atoms with van der Waals surface area (Å²) in [7, 11) is 0. The molecule has 0 N–H and O–H groups in total. The lowest BCUT2D eigenvalue weighted by atomic mass is 9.97. The number of hydrogen-bond acceptors (Lipinski definition) is 1. The second-order valence-corrected chi connectivity index (χ2v) is 3.96. The number of aldehydes is 1. The van der Waals surface area contributed by atoms with Crippen LogP contribution in [-0.2, 0) is 0 Å². The molecule has 0 atom stereocenters. The number of aryl methyl sites for hydroxylation is 2. The second-order valence-electron chi connectivity index (χ2n) is 3.96. The fraction of sp³-hybridized carbons (Fsp3) is 0.133. The molecule has 0 heterocycles. The maximum absolute atomic E-state index is 10.7. The first-order valence-electron chi connectivity index (χ1n) is 5.25. The van der Waals surface area contributed by atoms with Crippen LogP contribution in [0, 0.1) is 19.9 Å². The van der Waals surface area contributed by atoms with Crippen LogP contribution in [0.3, 0.4) is 0 Å². The van der Waals surface area contributed by atoms with E-state index in [2.05, 4.69) is 12.1 Å². The van der Waals surface area contributed by atoms with Crippen LogP contribution in [0.1, 0.15) is 21.5 Å². The van der Waals surface area contributed by atoms with Gasteiger partial charge in [-0.25, -0.2) is 0 Å². The van der Waals surface area contributed by atoms with Crippen LogP contribution in [0.2, 0.25) is 0 Å². The first-order valence-corrected chi connectivity index (χ1v) is 5.25. The molecule has 1 heteroatoms. The molecule has 0 saturated heterocycles. The SMILES string of the molecule is Cc1c[c]c(C)c(-c2cccc(C=O)c2)c1. The Labute approximate surface area is 95.7 Å². The summed E-state index contributed by atoms with van der Waals surface area (Å²) in [6, 6.07) is 14.9. The number of carbonyl (C=O) groups excluding carboxylic acids is 1. The zero-order chi connectivity index (χ0) is 11.5. The van der Waals surface area contributed by atoms with Crippen LogP contribution in [0.4, 0.5) is 0 Å². The predicted molar refractivity (Wildman–Crippen MR) is 65.6 cm³/mol. The summed E-state index contributed by atoms with van der Waals surface area (Å²) in [5, 5.41) is 0. The Kier molecular flexibility index (Phi) is 2.86. The second kappa shape index (κ2) is 4.31. The largest absolute Gasteiger partial charge is 0.298 e. The normalized spacial score (nSPS) is 10.1. The molecule has 2 aromatic rings. The molecule has 0 fully saturated rings. The molecule has 0 aliphatic rings. The lowest BCUT2D eigenvalue weighted by Crippen LogP contribution is -1.87. The molecule has 0 saturated carbocycles. The Morgan fingerprint density at radius 3 is 2.75 bits per heavy atom. The van der Waals surface area contributed by atoms with E-state index in [-0.39, 0.29) is 0 Å². The molecule has 2 aromatic carbocycles. The molecule has 0 aliphatic carbocycles. The standard InChI is InChI=1S/C15H13O/c1-11-6-7-12(2)15(8-11)14-5-3-4-13(9-14)10-16/h3-6,8-10H,1-2H3. The monoisotopic (exact) mass is 209 g/mol. The van der Waals surface area contributed by atoms with Gasteiger partial charge in [0.15, 0.2) is 0 Å². The molecular formula is C15H13O. The van der Waals surface area contributed by atoms with Gasteiger partial charge in [0, 0.05) is 5.56 Å². The van der Waals surface area contributed by atoms with Crippen LogP contribution in [0.5, 0.6) is 0 Å². The van der Waals surface area contributed by atoms with Crippen molar-refractivity contribution in [1.82, 2.24) is 0 Å². The summed E-state index contributed by atoms with van der Waals surface area (Å²) in [6.45, 7) is 4.07. The highest BCUT2D eigenvalue weighted by molar-refractivity contribution is 5.79. The summed E-state index contributed by atoms with van der Waals surface area (Å²) >= 11 is 0. The highest BCUT2D eigenvalue weighted by Crippen LogP contribution is 2.24. The van der Waals surface area contributed by atoms with E-state index in [0.29, 0.717) is 5.56 Å². The van der Waals surface area contributed by atoms with Crippen LogP contribution < -0.4 is 0 Å². The van der Waals surface area contributed by atoms with Gasteiger partial charge in [-0.15, -0.1) is 0 Å². The minimum Gasteiger partial charge on any atom is -0.298 e. The summed E-state index contributed by atoms with van der Waals surface area (Å²) in [5.41, 5.74) is 5.20. The summed E-state index contributed by atoms with van der Waals surface area (Å²) in [5.74, 6) is 0. The quantitative estimate of drug-likeness (QED) is 0.691. The van der Waals surface area contributed by atoms with Gasteiger partial charge in [0.05, 0.1) is 0 Å². The van der Waals surface area contributed by atoms with Crippen molar-refractivity contribution < 1.29 is 4.79 Å². The van der Waals surface area contributed by atoms with Crippen molar-refractivity contribution in [2.45, 2.75) is 13.8 Å². The molecule has 0 bridgehead atoms. The highest BCUT2D eigenvalue weighted by Gasteiger charge is 2.03. The Morgan fingerprint density at radius 1 is 1.19 bits per heavy atom. The van der Waals surface area contributed by atoms with Gasteiger partial charge >= 0.3 is 0 Å². The van der Waals surface area contributed by atoms with Crippen molar-refractivity contribution in [1.29, 1.82) is 0 Å². The van der Waals surface area contributed by atoms with Gasteiger partial charge in [0.1, 0.15) is 6.29 Å². The van der Waals surface area contributed by atoms with Crippen molar-refractivity contribution in [3.8, 4) is 11.1 Å². The minimum absolute atomic E-state index is 0.707. The average Bonchev–Trinajstić information content (AvgIpc) is 2.32. The first kappa shape index (κ1) is 10.6. The summed E-state index contributed by atoms with van der Waals surface area (Å²) in [6.07, 6.45) is 0.873. The van der Waals surface area contributed by atoms with Crippen LogP contribution >= 0.6 is 0 Å². The molecule has 0 aliphatic heterocycles. The van der Waals surface area contributed by atoms with E-state index in [9.17, 15) is 4.79 Å². The average molecular weight is 209 g/mol. The van der Waals surface area contributed by atoms with Gasteiger partial charge in [-0.2, -0.15) is 0 Å². The van der Waals surface area contributed by atoms with E-state index < -0.39 is 0 Å². The molecule has 0 amide bonds. The zero-order valence-electron chi connectivity index (χ0n) is 9.45. The lowest BCUT2D eigenvalue weighted by Gasteiger charge is -2.07. The van der Waals surface area contributed by atoms with E-state index in [1.807, 2.05) is 44.2 Å². The van der Waals surface area contributed by atoms with Crippen molar-refractivity contribution in [3.63, 3.8) is 0 Å². The smallest absolute Gasteiger partial charge is 0.150 e. The molecule has 2 rings (SSSR count). The van der Waals surface area contributed by atoms with Gasteiger partial charge in [0.2, 0.25) is 0 Å². The van der Waals surface area contributed by atoms with Crippen LogP contribution in [-0.4, -0.2) is 6.29 Å². The number of carbonyl (C=O) groups is 1. The van der Waals surface area contributed by atoms with E-state index >= 15 is 0 Å². The van der Waals surface area contributed by atoms with Crippen molar-refractivity contribution in [2.24, 2.45) is 0 Å². The zero-order valence-corrected chi connectivity index (χ0v) is 9.45. The topological polar surface area (TPSA) is 17.1 Å². The molecule has 1 nitrogen and oxygen atoms in total. The Hall–Kier alpha value is -1.89. The van der Waals surface area contributed by atoms with Gasteiger partial charge in [-0.1, -0.05) is 30.3 Å². The third-order valence-corrected chi connectivity index (χ3v) is 2.63. The molecule has 0 unspecified atom stereocenters. The summed E-state index contributed by atoms with van der Waals surface area (Å²) in [4.78, 5) is 10.7. The fourth-order valence-electron chi connectivity index (χ4n) is 1.76. The predicted octanol–water partition coefficient (Wildman–Crippen LogP) is 3.58. The third kappa shape index (κ3) is 2.03. The molecule has 1 radical (unpaired) electrons. The highest BCUT2D eigenvalue weighted by atomic mass is 16.1. The number of rotatable bonds is 2. The van der Waals surface area contributed by atoms with Gasteiger partial charge in [-0.3, -0.25) is 4.79 Å². The first-order chi connectivity index (χ1) is 7.70. The van der Waals surface area contributed by atoms with E-state index in [1.54, 1.807) is 0 Å². The van der Waals surface area contributed by atoms with Gasteiger partial charge in [-0.05, 0) is 48.2 Å². The molecule has 79 valence electrons. The van der Waals surface area contributed by atoms with Crippen molar-refractivity contribution in [3.05, 3.63) is 59.2 Å². The molecule has 0 spiro atoms. The van der Waals surface area contributed by atoms with E-state index in [0.717, 1.165) is 23.0 Å². The molecule has 16 heavy (non-hydrogen) atoms. The van der Waals surface area contributed by atoms with Gasteiger partial charge < -0.3 is 0 Å². The molecular weight excluding hydrogens is 196 g/mol. The van der Waals surface area contributed by atoms with E-state index in [1.165, 1.54) is 5.56 Å². The van der Waals surface area contributed by atoms with Crippen molar-refractivity contribution in [2.75, 3.05) is 0 Å². The lowest BCUT2D eigenvalue weighted by molar-refractivity contribution is 0.112. The minimum atomic E-state index is 0.707. The Morgan fingerprint density at radius 2 is 2.00 bits per heavy atom. The summed E-state index contributed by atoms with van der Waals surface area (Å²) < 4.78 is 0. The Bertz CT molecular complexity index is 527. The van der Waals surface area contributed by atoms with Crippen molar-refractivity contribution >= 4 is 6.29 Å². The third-order valence-electron chi connectivity index (χ3n) is 2.63.